The Morgan fingerprint density at radius 1 is 0.605 bits per heavy atom. The third-order valence-electron chi connectivity index (χ3n) is 10.9. The summed E-state index contributed by atoms with van der Waals surface area (Å²) in [5.74, 6) is 4.21. The minimum atomic E-state index is -0.630. The maximum absolute atomic E-state index is 6.99. The van der Waals surface area contributed by atoms with Gasteiger partial charge in [0.1, 0.15) is 33.8 Å². The fourth-order valence-corrected chi connectivity index (χ4v) is 9.35. The van der Waals surface area contributed by atoms with Gasteiger partial charge in [0.15, 0.2) is 22.6 Å². The number of hydrogen-bond donors (Lipinski definition) is 0. The second kappa shape index (κ2) is 6.32. The lowest BCUT2D eigenvalue weighted by Crippen LogP contribution is -2.76. The smallest absolute Gasteiger partial charge is 0.323 e. The SMILES string of the molecule is CC1(C)c2ccccc2N2c3c1ccc1c3C34c5c(ccc6c7ccccc7n(c56)-c5cccc([n+]53)-c3cccc2[n+]34)O1. The van der Waals surface area contributed by atoms with Crippen LogP contribution >= 0.6 is 0 Å². The molecule has 0 N–H and O–H groups in total. The van der Waals surface area contributed by atoms with E-state index in [1.54, 1.807) is 0 Å². The molecule has 5 aliphatic heterocycles. The Bertz CT molecular complexity index is 2540. The fraction of sp³-hybridized carbons (Fsp3) is 0.105. The van der Waals surface area contributed by atoms with Crippen LogP contribution in [0.4, 0.5) is 17.2 Å². The molecule has 3 aromatic heterocycles. The normalized spacial score (nSPS) is 19.3. The number of anilines is 3. The molecule has 0 radical (unpaired) electrons. The van der Waals surface area contributed by atoms with E-state index < -0.39 is 5.66 Å². The summed E-state index contributed by atoms with van der Waals surface area (Å²) >= 11 is 0. The van der Waals surface area contributed by atoms with Gasteiger partial charge in [-0.05, 0) is 60.7 Å². The molecule has 1 unspecified atom stereocenters. The van der Waals surface area contributed by atoms with Crippen LogP contribution in [0.25, 0.3) is 39.0 Å². The van der Waals surface area contributed by atoms with E-state index in [1.165, 1.54) is 78.5 Å². The van der Waals surface area contributed by atoms with Gasteiger partial charge in [-0.2, -0.15) is 18.6 Å². The molecule has 7 aromatic rings. The van der Waals surface area contributed by atoms with Crippen molar-refractivity contribution in [2.45, 2.75) is 24.9 Å². The zero-order chi connectivity index (χ0) is 28.0. The lowest BCUT2D eigenvalue weighted by atomic mass is 9.70. The first-order valence-electron chi connectivity index (χ1n) is 15.1. The maximum Gasteiger partial charge on any atom is 0.323 e. The average Bonchev–Trinajstić information content (AvgIpc) is 3.53. The molecule has 200 valence electrons. The van der Waals surface area contributed by atoms with Gasteiger partial charge in [-0.15, -0.1) is 0 Å². The molecule has 12 rings (SSSR count). The first-order chi connectivity index (χ1) is 21.1. The van der Waals surface area contributed by atoms with Gasteiger partial charge in [0.2, 0.25) is 0 Å². The molecule has 43 heavy (non-hydrogen) atoms. The maximum atomic E-state index is 6.99. The highest BCUT2D eigenvalue weighted by molar-refractivity contribution is 6.11. The van der Waals surface area contributed by atoms with Crippen LogP contribution in [0.3, 0.4) is 0 Å². The Morgan fingerprint density at radius 2 is 1.33 bits per heavy atom. The molecule has 0 fully saturated rings. The summed E-state index contributed by atoms with van der Waals surface area (Å²) in [7, 11) is 0. The van der Waals surface area contributed by atoms with E-state index in [-0.39, 0.29) is 5.41 Å². The van der Waals surface area contributed by atoms with Crippen molar-refractivity contribution in [2.75, 3.05) is 4.90 Å². The van der Waals surface area contributed by atoms with Crippen molar-refractivity contribution in [1.82, 2.24) is 4.57 Å². The zero-order valence-corrected chi connectivity index (χ0v) is 23.6. The van der Waals surface area contributed by atoms with Crippen LogP contribution in [0.1, 0.15) is 36.1 Å². The number of nitrogens with zero attached hydrogens (tertiary/aromatic N) is 4. The van der Waals surface area contributed by atoms with Gasteiger partial charge in [-0.25, -0.2) is 0 Å². The van der Waals surface area contributed by atoms with Crippen molar-refractivity contribution < 1.29 is 13.9 Å². The van der Waals surface area contributed by atoms with Gasteiger partial charge in [-0.1, -0.05) is 50.2 Å². The second-order valence-electron chi connectivity index (χ2n) is 13.0. The van der Waals surface area contributed by atoms with Gasteiger partial charge >= 0.3 is 5.66 Å². The minimum Gasteiger partial charge on any atom is -0.456 e. The summed E-state index contributed by atoms with van der Waals surface area (Å²) in [6.07, 6.45) is 0. The quantitative estimate of drug-likeness (QED) is 0.182. The van der Waals surface area contributed by atoms with Gasteiger partial charge in [0, 0.05) is 39.4 Å². The number of ether oxygens (including phenoxy) is 1. The molecule has 1 atom stereocenters. The predicted molar refractivity (Wildman–Crippen MR) is 165 cm³/mol. The highest BCUT2D eigenvalue weighted by Gasteiger charge is 2.70. The topological polar surface area (TPSA) is 25.2 Å². The highest BCUT2D eigenvalue weighted by atomic mass is 16.5. The number of rotatable bonds is 0. The van der Waals surface area contributed by atoms with Crippen molar-refractivity contribution >= 4 is 39.0 Å². The molecule has 5 aliphatic rings. The summed E-state index contributed by atoms with van der Waals surface area (Å²) in [4.78, 5) is 2.51. The average molecular weight is 553 g/mol. The fourth-order valence-electron chi connectivity index (χ4n) is 9.35. The van der Waals surface area contributed by atoms with Crippen LogP contribution in [0, 0.1) is 0 Å². The number of para-hydroxylation sites is 2. The summed E-state index contributed by atoms with van der Waals surface area (Å²) in [5.41, 5.74) is 11.7. The first-order valence-corrected chi connectivity index (χ1v) is 15.1. The first kappa shape index (κ1) is 21.3. The monoisotopic (exact) mass is 552 g/mol. The predicted octanol–water partition coefficient (Wildman–Crippen LogP) is 7.48. The number of pyridine rings is 2. The Hall–Kier alpha value is -5.42. The largest absolute Gasteiger partial charge is 0.456 e. The summed E-state index contributed by atoms with van der Waals surface area (Å²) in [6.45, 7) is 4.74. The number of fused-ring (bicyclic) bond motifs is 8. The van der Waals surface area contributed by atoms with E-state index in [0.717, 1.165) is 11.5 Å². The van der Waals surface area contributed by atoms with Crippen LogP contribution < -0.4 is 18.8 Å². The zero-order valence-electron chi connectivity index (χ0n) is 23.6. The van der Waals surface area contributed by atoms with Crippen molar-refractivity contribution in [2.24, 2.45) is 0 Å². The third kappa shape index (κ3) is 1.93. The van der Waals surface area contributed by atoms with E-state index >= 15 is 0 Å². The molecular weight excluding hydrogens is 528 g/mol. The lowest BCUT2D eigenvalue weighted by Gasteiger charge is -2.46. The summed E-state index contributed by atoms with van der Waals surface area (Å²) in [6, 6.07) is 40.3. The summed E-state index contributed by atoms with van der Waals surface area (Å²) < 4.78 is 14.7. The van der Waals surface area contributed by atoms with E-state index in [9.17, 15) is 0 Å². The summed E-state index contributed by atoms with van der Waals surface area (Å²) in [5, 5.41) is 2.53. The molecule has 8 heterocycles. The molecule has 5 nitrogen and oxygen atoms in total. The molecule has 0 aliphatic carbocycles. The van der Waals surface area contributed by atoms with Crippen LogP contribution in [-0.4, -0.2) is 4.57 Å². The lowest BCUT2D eigenvalue weighted by molar-refractivity contribution is -0.932. The Morgan fingerprint density at radius 3 is 2.21 bits per heavy atom. The van der Waals surface area contributed by atoms with Gasteiger partial charge in [0.25, 0.3) is 11.6 Å². The van der Waals surface area contributed by atoms with Crippen molar-refractivity contribution in [3.63, 3.8) is 0 Å². The van der Waals surface area contributed by atoms with Crippen LogP contribution in [-0.2, 0) is 11.1 Å². The molecule has 0 bridgehead atoms. The number of aromatic nitrogens is 3. The van der Waals surface area contributed by atoms with Crippen LogP contribution in [0.2, 0.25) is 0 Å². The van der Waals surface area contributed by atoms with Gasteiger partial charge in [0.05, 0.1) is 0 Å². The molecule has 0 saturated heterocycles. The molecule has 5 heteroatoms. The number of benzene rings is 4. The van der Waals surface area contributed by atoms with E-state index in [0.29, 0.717) is 0 Å². The second-order valence-corrected chi connectivity index (χ2v) is 13.0. The molecule has 0 amide bonds. The Kier molecular flexibility index (Phi) is 3.13. The molecule has 0 saturated carbocycles. The van der Waals surface area contributed by atoms with Crippen LogP contribution in [0.15, 0.2) is 109 Å². The van der Waals surface area contributed by atoms with Gasteiger partial charge in [-0.3, -0.25) is 0 Å². The van der Waals surface area contributed by atoms with Crippen molar-refractivity contribution in [3.8, 4) is 28.7 Å². The Balaban J connectivity index is 1.40. The molecule has 4 aromatic carbocycles. The van der Waals surface area contributed by atoms with E-state index in [1.807, 2.05) is 0 Å². The molecule has 1 spiro atoms. The Labute approximate surface area is 247 Å². The van der Waals surface area contributed by atoms with Crippen molar-refractivity contribution in [1.29, 1.82) is 0 Å². The van der Waals surface area contributed by atoms with Gasteiger partial charge < -0.3 is 4.74 Å². The minimum absolute atomic E-state index is 0.185. The highest BCUT2D eigenvalue weighted by Crippen LogP contribution is 2.64. The van der Waals surface area contributed by atoms with E-state index in [4.69, 9.17) is 4.74 Å². The van der Waals surface area contributed by atoms with Crippen molar-refractivity contribution in [3.05, 3.63) is 131 Å². The molecular formula is C38H24N4O+2. The third-order valence-corrected chi connectivity index (χ3v) is 10.9. The van der Waals surface area contributed by atoms with Crippen LogP contribution in [0.5, 0.6) is 11.5 Å². The number of hydrogen-bond acceptors (Lipinski definition) is 2. The van der Waals surface area contributed by atoms with E-state index in [2.05, 4.69) is 142 Å². The standard InChI is InChI=1S/C38H24N4O/c1-37(2)23-10-4-6-12-26(23)40-32-16-8-14-28-27-13-7-15-31-39-25-11-5-3-9-21(25)22-17-19-29-33(35(22)39)38(41(27)31,42(28)32)34-30(43-29)20-18-24(37)36(34)40/h3-20H,1-2H3/q+2.